The zero-order valence-corrected chi connectivity index (χ0v) is 20.6. The van der Waals surface area contributed by atoms with Crippen LogP contribution in [-0.4, -0.2) is 53.2 Å². The number of carboxylic acids is 2. The Bertz CT molecular complexity index is 513. The second kappa shape index (κ2) is 24.5. The molecule has 0 aliphatic carbocycles. The van der Waals surface area contributed by atoms with E-state index in [0.717, 1.165) is 25.7 Å². The summed E-state index contributed by atoms with van der Waals surface area (Å²) in [6, 6.07) is -0.530. The molecule has 0 fully saturated rings. The van der Waals surface area contributed by atoms with E-state index in [1.807, 2.05) is 0 Å². The van der Waals surface area contributed by atoms with Crippen molar-refractivity contribution >= 4 is 23.8 Å². The molecular formula is C24H46N2O7. The fraction of sp³-hybridized carbons (Fsp3) is 0.833. The molecule has 0 bridgehead atoms. The standard InChI is InChI=1S/C20H40N2O3.C4H6O4/c1-3-5-6-7-8-9-10-11-12-16-19(23)22-18(15-13-14-17-21)20(24)25-4-2;5-3(6)1-2-4(7)8/h18H,3-17,21H2,1-2H3,(H,22,23);1-2H2,(H,5,6)(H,7,8). The van der Waals surface area contributed by atoms with Crippen LogP contribution in [-0.2, 0) is 23.9 Å². The summed E-state index contributed by atoms with van der Waals surface area (Å²) in [5, 5.41) is 18.6. The first-order chi connectivity index (χ1) is 15.8. The highest BCUT2D eigenvalue weighted by Gasteiger charge is 2.21. The fourth-order valence-corrected chi connectivity index (χ4v) is 3.06. The summed E-state index contributed by atoms with van der Waals surface area (Å²) in [4.78, 5) is 43.3. The lowest BCUT2D eigenvalue weighted by Gasteiger charge is -2.17. The van der Waals surface area contributed by atoms with Crippen molar-refractivity contribution in [2.75, 3.05) is 13.2 Å². The first-order valence-corrected chi connectivity index (χ1v) is 12.4. The third-order valence-electron chi connectivity index (χ3n) is 4.91. The number of esters is 1. The zero-order valence-electron chi connectivity index (χ0n) is 20.6. The predicted octanol–water partition coefficient (Wildman–Crippen LogP) is 4.02. The van der Waals surface area contributed by atoms with Gasteiger partial charge in [0.25, 0.3) is 0 Å². The molecule has 0 aromatic heterocycles. The van der Waals surface area contributed by atoms with Crippen LogP contribution in [0.4, 0.5) is 0 Å². The summed E-state index contributed by atoms with van der Waals surface area (Å²) in [6.07, 6.45) is 13.2. The van der Waals surface area contributed by atoms with E-state index in [9.17, 15) is 19.2 Å². The molecule has 0 radical (unpaired) electrons. The molecule has 1 atom stereocenters. The van der Waals surface area contributed by atoms with E-state index in [0.29, 0.717) is 26.0 Å². The van der Waals surface area contributed by atoms with Crippen LogP contribution >= 0.6 is 0 Å². The fourth-order valence-electron chi connectivity index (χ4n) is 3.06. The largest absolute Gasteiger partial charge is 0.481 e. The van der Waals surface area contributed by atoms with E-state index < -0.39 is 18.0 Å². The van der Waals surface area contributed by atoms with E-state index in [4.69, 9.17) is 20.7 Å². The highest BCUT2D eigenvalue weighted by atomic mass is 16.5. The molecule has 0 aromatic rings. The number of hydrogen-bond acceptors (Lipinski definition) is 6. The van der Waals surface area contributed by atoms with Crippen molar-refractivity contribution in [3.63, 3.8) is 0 Å². The van der Waals surface area contributed by atoms with Gasteiger partial charge in [0.15, 0.2) is 0 Å². The van der Waals surface area contributed by atoms with Crippen molar-refractivity contribution in [1.29, 1.82) is 0 Å². The number of ether oxygens (including phenoxy) is 1. The number of aliphatic carboxylic acids is 2. The average molecular weight is 475 g/mol. The molecule has 0 aromatic carbocycles. The molecule has 194 valence electrons. The molecule has 33 heavy (non-hydrogen) atoms. The normalized spacial score (nSPS) is 11.1. The second-order valence-corrected chi connectivity index (χ2v) is 8.02. The Balaban J connectivity index is 0. The van der Waals surface area contributed by atoms with Gasteiger partial charge < -0.3 is 26.0 Å². The monoisotopic (exact) mass is 474 g/mol. The van der Waals surface area contributed by atoms with Crippen molar-refractivity contribution in [2.45, 2.75) is 116 Å². The molecule has 0 heterocycles. The lowest BCUT2D eigenvalue weighted by atomic mass is 10.1. The summed E-state index contributed by atoms with van der Waals surface area (Å²) in [5.41, 5.74) is 5.49. The SMILES string of the molecule is CCCCCCCCCCCC(=O)NC(CCCCN)C(=O)OCC.O=C(O)CCC(=O)O. The van der Waals surface area contributed by atoms with Crippen molar-refractivity contribution in [1.82, 2.24) is 5.32 Å². The van der Waals surface area contributed by atoms with Gasteiger partial charge in [0.05, 0.1) is 19.4 Å². The van der Waals surface area contributed by atoms with E-state index in [1.54, 1.807) is 6.92 Å². The van der Waals surface area contributed by atoms with Crippen LogP contribution in [0.5, 0.6) is 0 Å². The maximum atomic E-state index is 12.1. The lowest BCUT2D eigenvalue weighted by Crippen LogP contribution is -2.41. The molecule has 1 unspecified atom stereocenters. The summed E-state index contributed by atoms with van der Waals surface area (Å²) >= 11 is 0. The van der Waals surface area contributed by atoms with Crippen molar-refractivity contribution in [3.8, 4) is 0 Å². The minimum atomic E-state index is -1.08. The number of unbranched alkanes of at least 4 members (excludes halogenated alkanes) is 9. The van der Waals surface area contributed by atoms with Gasteiger partial charge in [0.1, 0.15) is 6.04 Å². The lowest BCUT2D eigenvalue weighted by molar-refractivity contribution is -0.147. The van der Waals surface area contributed by atoms with Crippen LogP contribution in [0.1, 0.15) is 110 Å². The molecule has 9 heteroatoms. The topological polar surface area (TPSA) is 156 Å². The Morgan fingerprint density at radius 3 is 1.73 bits per heavy atom. The molecule has 0 aliphatic rings. The maximum absolute atomic E-state index is 12.1. The Kier molecular flexibility index (Phi) is 24.5. The van der Waals surface area contributed by atoms with E-state index in [2.05, 4.69) is 12.2 Å². The molecule has 0 spiro atoms. The van der Waals surface area contributed by atoms with Gasteiger partial charge in [-0.15, -0.1) is 0 Å². The average Bonchev–Trinajstić information content (AvgIpc) is 2.76. The summed E-state index contributed by atoms with van der Waals surface area (Å²) in [5.74, 6) is -2.53. The molecule has 0 aliphatic heterocycles. The Labute approximate surface area is 198 Å². The van der Waals surface area contributed by atoms with Gasteiger partial charge >= 0.3 is 17.9 Å². The number of carbonyl (C=O) groups is 4. The number of nitrogens with one attached hydrogen (secondary N) is 1. The Morgan fingerprint density at radius 1 is 0.758 bits per heavy atom. The van der Waals surface area contributed by atoms with Gasteiger partial charge in [-0.05, 0) is 39.2 Å². The highest BCUT2D eigenvalue weighted by molar-refractivity contribution is 5.84. The van der Waals surface area contributed by atoms with Crippen LogP contribution < -0.4 is 11.1 Å². The highest BCUT2D eigenvalue weighted by Crippen LogP contribution is 2.11. The number of carboxylic acid groups (broad SMARTS) is 2. The number of rotatable bonds is 20. The minimum Gasteiger partial charge on any atom is -0.481 e. The molecular weight excluding hydrogens is 428 g/mol. The quantitative estimate of drug-likeness (QED) is 0.152. The third-order valence-corrected chi connectivity index (χ3v) is 4.91. The second-order valence-electron chi connectivity index (χ2n) is 8.02. The summed E-state index contributed by atoms with van der Waals surface area (Å²) < 4.78 is 5.05. The van der Waals surface area contributed by atoms with E-state index >= 15 is 0 Å². The number of nitrogens with two attached hydrogens (primary N) is 1. The minimum absolute atomic E-state index is 0.0475. The molecule has 0 rings (SSSR count). The first-order valence-electron chi connectivity index (χ1n) is 12.4. The smallest absolute Gasteiger partial charge is 0.328 e. The summed E-state index contributed by atoms with van der Waals surface area (Å²) in [7, 11) is 0. The predicted molar refractivity (Wildman–Crippen MR) is 128 cm³/mol. The zero-order chi connectivity index (χ0) is 25.3. The van der Waals surface area contributed by atoms with Gasteiger partial charge in [-0.1, -0.05) is 58.3 Å². The van der Waals surface area contributed by atoms with Gasteiger partial charge in [-0.25, -0.2) is 4.79 Å². The van der Waals surface area contributed by atoms with Crippen LogP contribution in [0.2, 0.25) is 0 Å². The molecule has 0 saturated heterocycles. The van der Waals surface area contributed by atoms with Crippen LogP contribution in [0.3, 0.4) is 0 Å². The van der Waals surface area contributed by atoms with Gasteiger partial charge in [-0.2, -0.15) is 0 Å². The van der Waals surface area contributed by atoms with Gasteiger partial charge in [0, 0.05) is 6.42 Å². The van der Waals surface area contributed by atoms with Gasteiger partial charge in [0.2, 0.25) is 5.91 Å². The third kappa shape index (κ3) is 26.0. The van der Waals surface area contributed by atoms with Crippen LogP contribution in [0.15, 0.2) is 0 Å². The van der Waals surface area contributed by atoms with Crippen molar-refractivity contribution in [3.05, 3.63) is 0 Å². The molecule has 0 saturated carbocycles. The first kappa shape index (κ1) is 33.0. The van der Waals surface area contributed by atoms with Gasteiger partial charge in [-0.3, -0.25) is 14.4 Å². The van der Waals surface area contributed by atoms with E-state index in [1.165, 1.54) is 44.9 Å². The van der Waals surface area contributed by atoms with Crippen molar-refractivity contribution < 1.29 is 34.1 Å². The number of carbonyl (C=O) groups excluding carboxylic acids is 2. The van der Waals surface area contributed by atoms with Crippen molar-refractivity contribution in [2.24, 2.45) is 5.73 Å². The van der Waals surface area contributed by atoms with Crippen LogP contribution in [0, 0.1) is 0 Å². The van der Waals surface area contributed by atoms with Crippen LogP contribution in [0.25, 0.3) is 0 Å². The number of amides is 1. The van der Waals surface area contributed by atoms with E-state index in [-0.39, 0.29) is 24.7 Å². The summed E-state index contributed by atoms with van der Waals surface area (Å²) in [6.45, 7) is 4.94. The molecule has 9 nitrogen and oxygen atoms in total. The number of hydrogen-bond donors (Lipinski definition) is 4. The Hall–Kier alpha value is -2.16. The Morgan fingerprint density at radius 2 is 1.27 bits per heavy atom. The maximum Gasteiger partial charge on any atom is 0.328 e. The molecule has 5 N–H and O–H groups in total. The molecule has 1 amide bonds.